The predicted molar refractivity (Wildman–Crippen MR) is 79.5 cm³/mol. The molecule has 1 aliphatic rings. The van der Waals surface area contributed by atoms with E-state index in [1.165, 1.54) is 24.8 Å². The van der Waals surface area contributed by atoms with Crippen LogP contribution in [0.1, 0.15) is 55.9 Å². The van der Waals surface area contributed by atoms with Gasteiger partial charge < -0.3 is 4.52 Å². The maximum atomic E-state index is 5.39. The van der Waals surface area contributed by atoms with Gasteiger partial charge in [-0.25, -0.2) is 0 Å². The zero-order valence-electron chi connectivity index (χ0n) is 12.5. The van der Waals surface area contributed by atoms with Crippen molar-refractivity contribution in [3.05, 3.63) is 41.8 Å². The van der Waals surface area contributed by atoms with E-state index in [-0.39, 0.29) is 0 Å². The lowest BCUT2D eigenvalue weighted by Crippen LogP contribution is -2.33. The molecule has 0 N–H and O–H groups in total. The van der Waals surface area contributed by atoms with Crippen LogP contribution in [-0.2, 0) is 13.0 Å². The molecule has 0 radical (unpaired) electrons. The summed E-state index contributed by atoms with van der Waals surface area (Å²) >= 11 is 0. The van der Waals surface area contributed by atoms with Crippen LogP contribution >= 0.6 is 0 Å². The molecule has 3 rings (SSSR count). The van der Waals surface area contributed by atoms with Crippen LogP contribution in [0, 0.1) is 0 Å². The molecule has 0 bridgehead atoms. The molecule has 2 aromatic heterocycles. The summed E-state index contributed by atoms with van der Waals surface area (Å²) in [6.07, 6.45) is 9.39. The van der Waals surface area contributed by atoms with Crippen LogP contribution in [0.15, 0.2) is 29.0 Å². The fourth-order valence-corrected chi connectivity index (χ4v) is 2.98. The lowest BCUT2D eigenvalue weighted by Gasteiger charge is -2.34. The number of likely N-dealkylation sites (tertiary alicyclic amines) is 1. The van der Waals surface area contributed by atoms with E-state index in [2.05, 4.69) is 33.0 Å². The molecule has 1 aliphatic heterocycles. The summed E-state index contributed by atoms with van der Waals surface area (Å²) in [5, 5.41) is 4.04. The van der Waals surface area contributed by atoms with Gasteiger partial charge in [0, 0.05) is 24.9 Å². The molecule has 0 amide bonds. The first-order valence-corrected chi connectivity index (χ1v) is 7.82. The van der Waals surface area contributed by atoms with Crippen molar-refractivity contribution < 1.29 is 4.52 Å². The molecule has 1 unspecified atom stereocenters. The largest absolute Gasteiger partial charge is 0.338 e. The van der Waals surface area contributed by atoms with Crippen LogP contribution in [-0.4, -0.2) is 26.6 Å². The summed E-state index contributed by atoms with van der Waals surface area (Å²) in [4.78, 5) is 11.2. The Balaban J connectivity index is 1.72. The Labute approximate surface area is 125 Å². The number of piperidine rings is 1. The van der Waals surface area contributed by atoms with Gasteiger partial charge in [0.15, 0.2) is 5.82 Å². The number of rotatable bonds is 5. The Bertz CT molecular complexity index is 554. The molecule has 5 heteroatoms. The van der Waals surface area contributed by atoms with Crippen LogP contribution in [0.5, 0.6) is 0 Å². The second-order valence-corrected chi connectivity index (χ2v) is 5.62. The lowest BCUT2D eigenvalue weighted by molar-refractivity contribution is 0.123. The number of aryl methyl sites for hydroxylation is 1. The van der Waals surface area contributed by atoms with Crippen molar-refractivity contribution in [2.24, 2.45) is 0 Å². The van der Waals surface area contributed by atoms with E-state index in [0.717, 1.165) is 37.6 Å². The van der Waals surface area contributed by atoms with Gasteiger partial charge in [-0.05, 0) is 37.4 Å². The average molecular weight is 286 g/mol. The third kappa shape index (κ3) is 3.47. The molecule has 1 saturated heterocycles. The molecule has 21 heavy (non-hydrogen) atoms. The molecule has 2 aromatic rings. The van der Waals surface area contributed by atoms with Gasteiger partial charge in [0.1, 0.15) is 0 Å². The van der Waals surface area contributed by atoms with Crippen LogP contribution in [0.2, 0.25) is 0 Å². The summed E-state index contributed by atoms with van der Waals surface area (Å²) < 4.78 is 5.39. The summed E-state index contributed by atoms with van der Waals surface area (Å²) in [5.41, 5.74) is 1.28. The highest BCUT2D eigenvalue weighted by atomic mass is 16.5. The average Bonchev–Trinajstić information content (AvgIpc) is 2.96. The lowest BCUT2D eigenvalue weighted by atomic mass is 9.96. The van der Waals surface area contributed by atoms with Gasteiger partial charge in [-0.2, -0.15) is 4.98 Å². The van der Waals surface area contributed by atoms with Crippen LogP contribution in [0.3, 0.4) is 0 Å². The minimum atomic E-state index is 0.411. The van der Waals surface area contributed by atoms with Crippen LogP contribution in [0.4, 0.5) is 0 Å². The Hall–Kier alpha value is -1.75. The summed E-state index contributed by atoms with van der Waals surface area (Å²) in [5.74, 6) is 1.55. The highest BCUT2D eigenvalue weighted by Gasteiger charge is 2.25. The number of hydrogen-bond acceptors (Lipinski definition) is 5. The molecule has 5 nitrogen and oxygen atoms in total. The second-order valence-electron chi connectivity index (χ2n) is 5.62. The number of hydrogen-bond donors (Lipinski definition) is 0. The van der Waals surface area contributed by atoms with Crippen LogP contribution < -0.4 is 0 Å². The van der Waals surface area contributed by atoms with E-state index in [0.29, 0.717) is 6.04 Å². The van der Waals surface area contributed by atoms with Gasteiger partial charge in [-0.1, -0.05) is 24.6 Å². The smallest absolute Gasteiger partial charge is 0.240 e. The maximum Gasteiger partial charge on any atom is 0.240 e. The van der Waals surface area contributed by atoms with E-state index >= 15 is 0 Å². The zero-order valence-corrected chi connectivity index (χ0v) is 12.5. The van der Waals surface area contributed by atoms with Gasteiger partial charge >= 0.3 is 0 Å². The zero-order chi connectivity index (χ0) is 14.5. The fourth-order valence-electron chi connectivity index (χ4n) is 2.98. The Kier molecular flexibility index (Phi) is 4.60. The normalized spacial score (nSPS) is 19.8. The molecule has 112 valence electrons. The second kappa shape index (κ2) is 6.80. The summed E-state index contributed by atoms with van der Waals surface area (Å²) in [6.45, 7) is 3.93. The highest BCUT2D eigenvalue weighted by Crippen LogP contribution is 2.31. The summed E-state index contributed by atoms with van der Waals surface area (Å²) in [7, 11) is 0. The number of nitrogens with zero attached hydrogens (tertiary/aromatic N) is 4. The van der Waals surface area contributed by atoms with E-state index in [9.17, 15) is 0 Å². The monoisotopic (exact) mass is 286 g/mol. The molecular weight excluding hydrogens is 264 g/mol. The minimum Gasteiger partial charge on any atom is -0.338 e. The SMILES string of the molecule is CCCc1noc(CN2CCCCC2c2cccnc2)n1. The van der Waals surface area contributed by atoms with Crippen molar-refractivity contribution in [1.82, 2.24) is 20.0 Å². The van der Waals surface area contributed by atoms with Gasteiger partial charge in [0.2, 0.25) is 5.89 Å². The molecule has 3 heterocycles. The third-order valence-electron chi connectivity index (χ3n) is 4.00. The first-order valence-electron chi connectivity index (χ1n) is 7.82. The van der Waals surface area contributed by atoms with E-state index in [1.807, 2.05) is 18.5 Å². The Morgan fingerprint density at radius 3 is 3.14 bits per heavy atom. The first-order chi connectivity index (χ1) is 10.4. The maximum absolute atomic E-state index is 5.39. The fraction of sp³-hybridized carbons (Fsp3) is 0.562. The molecule has 1 fully saturated rings. The molecular formula is C16H22N4O. The van der Waals surface area contributed by atoms with Gasteiger partial charge in [-0.3, -0.25) is 9.88 Å². The third-order valence-corrected chi connectivity index (χ3v) is 4.00. The quantitative estimate of drug-likeness (QED) is 0.845. The van der Waals surface area contributed by atoms with Crippen molar-refractivity contribution in [3.63, 3.8) is 0 Å². The Morgan fingerprint density at radius 1 is 1.38 bits per heavy atom. The molecule has 0 spiro atoms. The number of aromatic nitrogens is 3. The van der Waals surface area contributed by atoms with Gasteiger partial charge in [0.25, 0.3) is 0 Å². The standard InChI is InChI=1S/C16H22N4O/c1-2-6-15-18-16(21-19-15)12-20-10-4-3-8-14(20)13-7-5-9-17-11-13/h5,7,9,11,14H,2-4,6,8,10,12H2,1H3. The molecule has 1 atom stereocenters. The Morgan fingerprint density at radius 2 is 2.33 bits per heavy atom. The highest BCUT2D eigenvalue weighted by molar-refractivity contribution is 5.14. The molecule has 0 aliphatic carbocycles. The van der Waals surface area contributed by atoms with E-state index in [1.54, 1.807) is 0 Å². The first kappa shape index (κ1) is 14.2. The molecule has 0 aromatic carbocycles. The van der Waals surface area contributed by atoms with E-state index < -0.39 is 0 Å². The molecule has 0 saturated carbocycles. The van der Waals surface area contributed by atoms with Crippen molar-refractivity contribution in [3.8, 4) is 0 Å². The van der Waals surface area contributed by atoms with Crippen molar-refractivity contribution in [2.75, 3.05) is 6.54 Å². The number of pyridine rings is 1. The summed E-state index contributed by atoms with van der Waals surface area (Å²) in [6, 6.07) is 4.58. The van der Waals surface area contributed by atoms with Gasteiger partial charge in [-0.15, -0.1) is 0 Å². The minimum absolute atomic E-state index is 0.411. The predicted octanol–water partition coefficient (Wildman–Crippen LogP) is 3.14. The van der Waals surface area contributed by atoms with Crippen molar-refractivity contribution >= 4 is 0 Å². The van der Waals surface area contributed by atoms with Crippen LogP contribution in [0.25, 0.3) is 0 Å². The van der Waals surface area contributed by atoms with Gasteiger partial charge in [0.05, 0.1) is 6.54 Å². The topological polar surface area (TPSA) is 55.1 Å². The van der Waals surface area contributed by atoms with Crippen molar-refractivity contribution in [1.29, 1.82) is 0 Å². The van der Waals surface area contributed by atoms with Crippen molar-refractivity contribution in [2.45, 2.75) is 51.6 Å². The van der Waals surface area contributed by atoms with E-state index in [4.69, 9.17) is 4.52 Å².